The summed E-state index contributed by atoms with van der Waals surface area (Å²) in [5, 5.41) is 9.95. The van der Waals surface area contributed by atoms with Gasteiger partial charge in [-0.3, -0.25) is 9.36 Å². The van der Waals surface area contributed by atoms with E-state index in [1.54, 1.807) is 18.5 Å². The van der Waals surface area contributed by atoms with Crippen LogP contribution in [0.25, 0.3) is 22.3 Å². The largest absolute Gasteiger partial charge is 0.469 e. The van der Waals surface area contributed by atoms with E-state index in [2.05, 4.69) is 21.8 Å². The molecule has 3 heterocycles. The van der Waals surface area contributed by atoms with E-state index in [0.717, 1.165) is 22.2 Å². The molecule has 0 spiro atoms. The SMILES string of the molecule is C=CCn1c(S[C@H](C)C(=O)c2c[nH]c3ccccc23)nnc1-c1ccoc1C. The number of aromatic nitrogens is 4. The van der Waals surface area contributed by atoms with E-state index in [0.29, 0.717) is 23.1 Å². The third-order valence-corrected chi connectivity index (χ3v) is 5.71. The first-order chi connectivity index (χ1) is 13.6. The van der Waals surface area contributed by atoms with Crippen LogP contribution in [0.5, 0.6) is 0 Å². The molecule has 0 aliphatic rings. The molecule has 0 saturated carbocycles. The molecule has 0 radical (unpaired) electrons. The van der Waals surface area contributed by atoms with E-state index in [-0.39, 0.29) is 11.0 Å². The highest BCUT2D eigenvalue weighted by atomic mass is 32.2. The Morgan fingerprint density at radius 3 is 2.93 bits per heavy atom. The number of carbonyl (C=O) groups is 1. The van der Waals surface area contributed by atoms with Gasteiger partial charge in [0, 0.05) is 29.2 Å². The van der Waals surface area contributed by atoms with Crippen molar-refractivity contribution in [3.05, 3.63) is 66.8 Å². The van der Waals surface area contributed by atoms with Gasteiger partial charge in [-0.1, -0.05) is 36.0 Å². The molecule has 0 saturated heterocycles. The van der Waals surface area contributed by atoms with Crippen LogP contribution in [0.15, 0.2) is 65.0 Å². The van der Waals surface area contributed by atoms with E-state index in [1.807, 2.05) is 48.7 Å². The highest BCUT2D eigenvalue weighted by Crippen LogP contribution is 2.31. The minimum Gasteiger partial charge on any atom is -0.469 e. The average Bonchev–Trinajstić information content (AvgIpc) is 3.40. The summed E-state index contributed by atoms with van der Waals surface area (Å²) < 4.78 is 7.35. The molecule has 0 fully saturated rings. The second-order valence-corrected chi connectivity index (χ2v) is 7.78. The first-order valence-corrected chi connectivity index (χ1v) is 9.83. The number of thioether (sulfide) groups is 1. The number of aromatic amines is 1. The van der Waals surface area contributed by atoms with Gasteiger partial charge in [-0.2, -0.15) is 0 Å². The van der Waals surface area contributed by atoms with Crippen molar-refractivity contribution < 1.29 is 9.21 Å². The van der Waals surface area contributed by atoms with Crippen LogP contribution in [0.4, 0.5) is 0 Å². The van der Waals surface area contributed by atoms with Crippen LogP contribution in [-0.2, 0) is 6.54 Å². The van der Waals surface area contributed by atoms with Crippen LogP contribution in [0.3, 0.4) is 0 Å². The summed E-state index contributed by atoms with van der Waals surface area (Å²) in [6.07, 6.45) is 5.20. The van der Waals surface area contributed by atoms with Crippen molar-refractivity contribution in [2.24, 2.45) is 0 Å². The van der Waals surface area contributed by atoms with Gasteiger partial charge in [0.2, 0.25) is 0 Å². The van der Waals surface area contributed by atoms with Crippen molar-refractivity contribution in [1.82, 2.24) is 19.7 Å². The van der Waals surface area contributed by atoms with Crippen molar-refractivity contribution in [1.29, 1.82) is 0 Å². The quantitative estimate of drug-likeness (QED) is 0.276. The number of nitrogens with one attached hydrogen (secondary N) is 1. The third-order valence-electron chi connectivity index (χ3n) is 4.63. The fraction of sp³-hybridized carbons (Fsp3) is 0.190. The third kappa shape index (κ3) is 3.18. The van der Waals surface area contributed by atoms with E-state index in [1.165, 1.54) is 11.8 Å². The van der Waals surface area contributed by atoms with Gasteiger partial charge in [0.25, 0.3) is 0 Å². The highest BCUT2D eigenvalue weighted by molar-refractivity contribution is 8.00. The number of rotatable bonds is 7. The number of fused-ring (bicyclic) bond motifs is 1. The Hall–Kier alpha value is -3.06. The number of aryl methyl sites for hydroxylation is 1. The van der Waals surface area contributed by atoms with Crippen molar-refractivity contribution >= 4 is 28.4 Å². The van der Waals surface area contributed by atoms with E-state index in [4.69, 9.17) is 4.42 Å². The Kier molecular flexibility index (Phi) is 4.92. The lowest BCUT2D eigenvalue weighted by Gasteiger charge is -2.11. The molecule has 142 valence electrons. The number of carbonyl (C=O) groups excluding carboxylic acids is 1. The van der Waals surface area contributed by atoms with Gasteiger partial charge in [0.15, 0.2) is 16.8 Å². The molecular weight excluding hydrogens is 372 g/mol. The van der Waals surface area contributed by atoms with Crippen LogP contribution in [0.2, 0.25) is 0 Å². The maximum absolute atomic E-state index is 13.0. The maximum Gasteiger partial charge on any atom is 0.192 e. The van der Waals surface area contributed by atoms with Crippen LogP contribution in [0, 0.1) is 6.92 Å². The summed E-state index contributed by atoms with van der Waals surface area (Å²) >= 11 is 1.40. The van der Waals surface area contributed by atoms with Crippen LogP contribution in [0.1, 0.15) is 23.0 Å². The number of para-hydroxylation sites is 1. The molecule has 0 aliphatic carbocycles. The number of benzene rings is 1. The number of nitrogens with zero attached hydrogens (tertiary/aromatic N) is 3. The molecule has 7 heteroatoms. The molecule has 0 bridgehead atoms. The predicted octanol–water partition coefficient (Wildman–Crippen LogP) is 4.88. The summed E-state index contributed by atoms with van der Waals surface area (Å²) in [6, 6.07) is 9.67. The first-order valence-electron chi connectivity index (χ1n) is 8.95. The number of ketones is 1. The zero-order valence-electron chi connectivity index (χ0n) is 15.7. The molecule has 1 atom stereocenters. The molecular formula is C21H20N4O2S. The minimum atomic E-state index is -0.315. The fourth-order valence-electron chi connectivity index (χ4n) is 3.19. The van der Waals surface area contributed by atoms with Gasteiger partial charge in [-0.25, -0.2) is 0 Å². The van der Waals surface area contributed by atoms with Crippen LogP contribution < -0.4 is 0 Å². The summed E-state index contributed by atoms with van der Waals surface area (Å²) in [4.78, 5) is 16.2. The molecule has 0 amide bonds. The number of hydrogen-bond acceptors (Lipinski definition) is 5. The van der Waals surface area contributed by atoms with E-state index in [9.17, 15) is 4.79 Å². The van der Waals surface area contributed by atoms with Crippen molar-refractivity contribution in [3.63, 3.8) is 0 Å². The van der Waals surface area contributed by atoms with Gasteiger partial charge in [-0.05, 0) is 26.0 Å². The monoisotopic (exact) mass is 392 g/mol. The zero-order chi connectivity index (χ0) is 19.7. The molecule has 6 nitrogen and oxygen atoms in total. The van der Waals surface area contributed by atoms with Gasteiger partial charge in [0.05, 0.1) is 17.1 Å². The molecule has 4 aromatic rings. The lowest BCUT2D eigenvalue weighted by atomic mass is 10.1. The van der Waals surface area contributed by atoms with Crippen molar-refractivity contribution in [2.75, 3.05) is 0 Å². The topological polar surface area (TPSA) is 76.7 Å². The second kappa shape index (κ2) is 7.52. The molecule has 28 heavy (non-hydrogen) atoms. The number of H-pyrrole nitrogens is 1. The molecule has 1 aromatic carbocycles. The molecule has 0 aliphatic heterocycles. The smallest absolute Gasteiger partial charge is 0.192 e. The van der Waals surface area contributed by atoms with E-state index >= 15 is 0 Å². The van der Waals surface area contributed by atoms with Gasteiger partial charge >= 0.3 is 0 Å². The van der Waals surface area contributed by atoms with Gasteiger partial charge in [0.1, 0.15) is 5.76 Å². The van der Waals surface area contributed by atoms with Crippen molar-refractivity contribution in [3.8, 4) is 11.4 Å². The maximum atomic E-state index is 13.0. The van der Waals surface area contributed by atoms with Crippen molar-refractivity contribution in [2.45, 2.75) is 30.8 Å². The van der Waals surface area contributed by atoms with Gasteiger partial charge in [-0.15, -0.1) is 16.8 Å². The lowest BCUT2D eigenvalue weighted by molar-refractivity contribution is 0.0995. The Balaban J connectivity index is 1.63. The summed E-state index contributed by atoms with van der Waals surface area (Å²) in [5.74, 6) is 1.54. The lowest BCUT2D eigenvalue weighted by Crippen LogP contribution is -2.14. The Morgan fingerprint density at radius 2 is 2.18 bits per heavy atom. The van der Waals surface area contributed by atoms with Crippen LogP contribution >= 0.6 is 11.8 Å². The second-order valence-electron chi connectivity index (χ2n) is 6.47. The first kappa shape index (κ1) is 18.3. The standard InChI is InChI=1S/C21H20N4O2S/c1-4-10-25-20(15-9-11-27-13(15)2)23-24-21(25)28-14(3)19(26)17-12-22-18-8-6-5-7-16(17)18/h4-9,11-12,14,22H,1,10H2,2-3H3/t14-/m1/s1. The zero-order valence-corrected chi connectivity index (χ0v) is 16.5. The molecule has 0 unspecified atom stereocenters. The van der Waals surface area contributed by atoms with Crippen LogP contribution in [-0.4, -0.2) is 30.8 Å². The number of furan rings is 1. The number of allylic oxidation sites excluding steroid dienone is 1. The normalized spacial score (nSPS) is 12.4. The number of Topliss-reactive ketones (excluding diaryl/α,β-unsaturated/α-hetero) is 1. The van der Waals surface area contributed by atoms with E-state index < -0.39 is 0 Å². The number of hydrogen-bond donors (Lipinski definition) is 1. The summed E-state index contributed by atoms with van der Waals surface area (Å²) in [6.45, 7) is 8.16. The summed E-state index contributed by atoms with van der Waals surface area (Å²) in [5.41, 5.74) is 2.53. The minimum absolute atomic E-state index is 0.0524. The van der Waals surface area contributed by atoms with Gasteiger partial charge < -0.3 is 9.40 Å². The molecule has 4 rings (SSSR count). The summed E-state index contributed by atoms with van der Waals surface area (Å²) in [7, 11) is 0. The Morgan fingerprint density at radius 1 is 1.36 bits per heavy atom. The predicted molar refractivity (Wildman–Crippen MR) is 111 cm³/mol. The average molecular weight is 392 g/mol. The Bertz CT molecular complexity index is 1150. The molecule has 1 N–H and O–H groups in total. The Labute approximate surface area is 166 Å². The molecule has 3 aromatic heterocycles. The fourth-order valence-corrected chi connectivity index (χ4v) is 4.12. The highest BCUT2D eigenvalue weighted by Gasteiger charge is 2.24.